The number of carbonyl (C=O) groups is 3. The van der Waals surface area contributed by atoms with Crippen LogP contribution in [0.15, 0.2) is 101 Å². The molecule has 0 aliphatic carbocycles. The smallest absolute Gasteiger partial charge is 0.319 e. The molecule has 0 saturated carbocycles. The average molecular weight is 480 g/mol. The quantitative estimate of drug-likeness (QED) is 0.398. The maximum absolute atomic E-state index is 13.7. The SMILES string of the molecule is CC1(c2cccc3ccccc23)NC(=O)N(CC(=O)N2c3ccccc3Sc3ccccc32)C1=O. The molecule has 1 saturated heterocycles. The van der Waals surface area contributed by atoms with Gasteiger partial charge in [-0.2, -0.15) is 0 Å². The van der Waals surface area contributed by atoms with Crippen molar-refractivity contribution in [3.8, 4) is 0 Å². The fraction of sp³-hybridized carbons (Fsp3) is 0.107. The summed E-state index contributed by atoms with van der Waals surface area (Å²) in [6.45, 7) is 1.33. The van der Waals surface area contributed by atoms with E-state index in [4.69, 9.17) is 0 Å². The lowest BCUT2D eigenvalue weighted by atomic mass is 9.88. The first-order chi connectivity index (χ1) is 17.0. The molecule has 2 aliphatic rings. The molecular formula is C28H21N3O3S. The molecule has 4 amide bonds. The number of anilines is 2. The third kappa shape index (κ3) is 3.31. The fourth-order valence-corrected chi connectivity index (χ4v) is 5.92. The molecule has 1 atom stereocenters. The van der Waals surface area contributed by atoms with E-state index in [1.807, 2.05) is 91.0 Å². The summed E-state index contributed by atoms with van der Waals surface area (Å²) in [5.41, 5.74) is 0.912. The van der Waals surface area contributed by atoms with Crippen molar-refractivity contribution in [1.29, 1.82) is 0 Å². The number of nitrogens with one attached hydrogen (secondary N) is 1. The van der Waals surface area contributed by atoms with Crippen molar-refractivity contribution in [3.63, 3.8) is 0 Å². The molecule has 0 radical (unpaired) electrons. The lowest BCUT2D eigenvalue weighted by molar-refractivity contribution is -0.134. The highest BCUT2D eigenvalue weighted by Crippen LogP contribution is 2.48. The first kappa shape index (κ1) is 21.4. The van der Waals surface area contributed by atoms with Gasteiger partial charge in [0.25, 0.3) is 11.8 Å². The molecule has 0 bridgehead atoms. The Morgan fingerprint density at radius 3 is 2.14 bits per heavy atom. The van der Waals surface area contributed by atoms with Crippen LogP contribution < -0.4 is 10.2 Å². The highest BCUT2D eigenvalue weighted by Gasteiger charge is 2.50. The van der Waals surface area contributed by atoms with Crippen molar-refractivity contribution in [1.82, 2.24) is 10.2 Å². The van der Waals surface area contributed by atoms with Crippen LogP contribution >= 0.6 is 11.8 Å². The number of fused-ring (bicyclic) bond motifs is 3. The van der Waals surface area contributed by atoms with Gasteiger partial charge in [-0.05, 0) is 47.5 Å². The van der Waals surface area contributed by atoms with E-state index < -0.39 is 17.5 Å². The minimum atomic E-state index is -1.27. The lowest BCUT2D eigenvalue weighted by Crippen LogP contribution is -2.44. The normalized spacial score (nSPS) is 18.9. The monoisotopic (exact) mass is 479 g/mol. The minimum Gasteiger partial charge on any atom is -0.319 e. The Labute approximate surface area is 206 Å². The predicted molar refractivity (Wildman–Crippen MR) is 136 cm³/mol. The van der Waals surface area contributed by atoms with E-state index in [1.165, 1.54) is 0 Å². The number of carbonyl (C=O) groups excluding carboxylic acids is 3. The Hall–Kier alpha value is -4.10. The second-order valence-corrected chi connectivity index (χ2v) is 9.82. The largest absolute Gasteiger partial charge is 0.325 e. The van der Waals surface area contributed by atoms with E-state index in [2.05, 4.69) is 5.32 Å². The Balaban J connectivity index is 1.35. The van der Waals surface area contributed by atoms with Gasteiger partial charge in [-0.3, -0.25) is 19.4 Å². The number of urea groups is 1. The van der Waals surface area contributed by atoms with Crippen LogP contribution in [-0.2, 0) is 15.1 Å². The molecule has 1 fully saturated rings. The average Bonchev–Trinajstić information content (AvgIpc) is 3.10. The number of hydrogen-bond donors (Lipinski definition) is 1. The molecule has 6 rings (SSSR count). The zero-order valence-electron chi connectivity index (χ0n) is 18.9. The summed E-state index contributed by atoms with van der Waals surface area (Å²) >= 11 is 1.59. The van der Waals surface area contributed by atoms with Gasteiger partial charge in [0.2, 0.25) is 0 Å². The van der Waals surface area contributed by atoms with Crippen LogP contribution in [0.2, 0.25) is 0 Å². The van der Waals surface area contributed by atoms with Crippen molar-refractivity contribution < 1.29 is 14.4 Å². The highest BCUT2D eigenvalue weighted by molar-refractivity contribution is 7.99. The van der Waals surface area contributed by atoms with Gasteiger partial charge in [-0.1, -0.05) is 78.5 Å². The summed E-state index contributed by atoms with van der Waals surface area (Å²) in [4.78, 5) is 44.9. The van der Waals surface area contributed by atoms with Gasteiger partial charge in [0.1, 0.15) is 12.1 Å². The zero-order chi connectivity index (χ0) is 24.2. The molecule has 1 N–H and O–H groups in total. The molecule has 7 heteroatoms. The summed E-state index contributed by atoms with van der Waals surface area (Å²) in [5, 5.41) is 4.71. The molecule has 172 valence electrons. The van der Waals surface area contributed by atoms with Gasteiger partial charge in [0.15, 0.2) is 0 Å². The van der Waals surface area contributed by atoms with Crippen molar-refractivity contribution in [3.05, 3.63) is 96.6 Å². The Bertz CT molecular complexity index is 1480. The van der Waals surface area contributed by atoms with Crippen LogP contribution in [0.25, 0.3) is 10.8 Å². The lowest BCUT2D eigenvalue weighted by Gasteiger charge is -2.32. The van der Waals surface area contributed by atoms with Crippen molar-refractivity contribution >= 4 is 51.8 Å². The van der Waals surface area contributed by atoms with Crippen LogP contribution in [0.5, 0.6) is 0 Å². The minimum absolute atomic E-state index is 0.351. The molecule has 0 spiro atoms. The van der Waals surface area contributed by atoms with E-state index >= 15 is 0 Å². The number of imide groups is 1. The second-order valence-electron chi connectivity index (χ2n) is 8.74. The topological polar surface area (TPSA) is 69.7 Å². The second kappa shape index (κ2) is 7.99. The number of para-hydroxylation sites is 2. The van der Waals surface area contributed by atoms with Crippen molar-refractivity contribution in [2.24, 2.45) is 0 Å². The molecule has 6 nitrogen and oxygen atoms in total. The summed E-state index contributed by atoms with van der Waals surface area (Å²) in [6, 6.07) is 28.1. The molecule has 4 aromatic carbocycles. The molecule has 1 unspecified atom stereocenters. The van der Waals surface area contributed by atoms with Gasteiger partial charge >= 0.3 is 6.03 Å². The van der Waals surface area contributed by atoms with Gasteiger partial charge in [-0.15, -0.1) is 0 Å². The third-order valence-electron chi connectivity index (χ3n) is 6.58. The van der Waals surface area contributed by atoms with Crippen LogP contribution in [0.3, 0.4) is 0 Å². The summed E-state index contributed by atoms with van der Waals surface area (Å²) < 4.78 is 0. The van der Waals surface area contributed by atoms with E-state index in [0.717, 1.165) is 36.8 Å². The first-order valence-corrected chi connectivity index (χ1v) is 12.1. The van der Waals surface area contributed by atoms with Crippen molar-refractivity contribution in [2.75, 3.05) is 11.4 Å². The van der Waals surface area contributed by atoms with Crippen molar-refractivity contribution in [2.45, 2.75) is 22.3 Å². The molecular weight excluding hydrogens is 458 g/mol. The first-order valence-electron chi connectivity index (χ1n) is 11.3. The van der Waals surface area contributed by atoms with Gasteiger partial charge in [0.05, 0.1) is 11.4 Å². The number of benzene rings is 4. The van der Waals surface area contributed by atoms with Gasteiger partial charge < -0.3 is 5.32 Å². The number of rotatable bonds is 3. The van der Waals surface area contributed by atoms with Crippen LogP contribution in [0, 0.1) is 0 Å². The Morgan fingerprint density at radius 2 is 1.43 bits per heavy atom. The van der Waals surface area contributed by atoms with Gasteiger partial charge in [0, 0.05) is 9.79 Å². The Morgan fingerprint density at radius 1 is 0.829 bits per heavy atom. The van der Waals surface area contributed by atoms with Crippen LogP contribution in [-0.4, -0.2) is 29.3 Å². The number of amides is 4. The molecule has 2 heterocycles. The Kier molecular flexibility index (Phi) is 4.89. The molecule has 2 aliphatic heterocycles. The van der Waals surface area contributed by atoms with Crippen LogP contribution in [0.4, 0.5) is 16.2 Å². The standard InChI is InChI=1S/C28H21N3O3S/c1-28(20-12-8-10-18-9-2-3-11-19(18)20)26(33)30(27(34)29-28)17-25(32)31-21-13-4-6-15-23(21)35-24-16-7-5-14-22(24)31/h2-16H,17H2,1H3,(H,29,34). The summed E-state index contributed by atoms with van der Waals surface area (Å²) in [5.74, 6) is -0.795. The maximum Gasteiger partial charge on any atom is 0.325 e. The predicted octanol–water partition coefficient (Wildman–Crippen LogP) is 5.44. The molecule has 35 heavy (non-hydrogen) atoms. The van der Waals surface area contributed by atoms with E-state index in [0.29, 0.717) is 5.56 Å². The fourth-order valence-electron chi connectivity index (χ4n) is 4.86. The highest BCUT2D eigenvalue weighted by atomic mass is 32.2. The molecule has 4 aromatic rings. The summed E-state index contributed by atoms with van der Waals surface area (Å²) in [7, 11) is 0. The number of hydrogen-bond acceptors (Lipinski definition) is 4. The third-order valence-corrected chi connectivity index (χ3v) is 7.71. The van der Waals surface area contributed by atoms with E-state index in [9.17, 15) is 14.4 Å². The maximum atomic E-state index is 13.7. The molecule has 0 aromatic heterocycles. The zero-order valence-corrected chi connectivity index (χ0v) is 19.7. The summed E-state index contributed by atoms with van der Waals surface area (Å²) in [6.07, 6.45) is 0. The number of nitrogens with zero attached hydrogens (tertiary/aromatic N) is 2. The van der Waals surface area contributed by atoms with E-state index in [-0.39, 0.29) is 12.5 Å². The van der Waals surface area contributed by atoms with Crippen LogP contribution in [0.1, 0.15) is 12.5 Å². The van der Waals surface area contributed by atoms with E-state index in [1.54, 1.807) is 23.6 Å². The van der Waals surface area contributed by atoms with Gasteiger partial charge in [-0.25, -0.2) is 4.79 Å².